The Morgan fingerprint density at radius 3 is 2.62 bits per heavy atom. The van der Waals surface area contributed by atoms with Gasteiger partial charge in [0.1, 0.15) is 23.6 Å². The molecule has 32 heavy (non-hydrogen) atoms. The van der Waals surface area contributed by atoms with Gasteiger partial charge in [-0.25, -0.2) is 0 Å². The molecule has 7 bridgehead atoms. The number of ether oxygens (including phenoxy) is 6. The molecule has 0 aromatic heterocycles. The minimum atomic E-state index is -1.18. The third-order valence-corrected chi connectivity index (χ3v) is 11.3. The molecule has 1 saturated heterocycles. The molecule has 0 unspecified atom stereocenters. The van der Waals surface area contributed by atoms with Crippen LogP contribution in [0.15, 0.2) is 4.99 Å². The third-order valence-electron chi connectivity index (χ3n) is 11.3. The summed E-state index contributed by atoms with van der Waals surface area (Å²) in [6.07, 6.45) is 5.84. The van der Waals surface area contributed by atoms with Crippen molar-refractivity contribution in [1.82, 2.24) is 0 Å². The summed E-state index contributed by atoms with van der Waals surface area (Å²) in [5.41, 5.74) is -3.33. The first-order valence-corrected chi connectivity index (χ1v) is 12.1. The summed E-state index contributed by atoms with van der Waals surface area (Å²) >= 11 is 0. The van der Waals surface area contributed by atoms with Crippen molar-refractivity contribution in [3.05, 3.63) is 0 Å². The summed E-state index contributed by atoms with van der Waals surface area (Å²) in [7, 11) is 7.07. The van der Waals surface area contributed by atoms with E-state index in [0.29, 0.717) is 13.0 Å². The second-order valence-electron chi connectivity index (χ2n) is 11.4. The third kappa shape index (κ3) is 1.72. The molecule has 2 aliphatic heterocycles. The first-order valence-electron chi connectivity index (χ1n) is 12.1. The van der Waals surface area contributed by atoms with Crippen molar-refractivity contribution in [2.75, 3.05) is 41.8 Å². The van der Waals surface area contributed by atoms with E-state index in [-0.39, 0.29) is 59.7 Å². The lowest BCUT2D eigenvalue weighted by Gasteiger charge is -2.68. The van der Waals surface area contributed by atoms with Crippen LogP contribution in [-0.4, -0.2) is 94.3 Å². The van der Waals surface area contributed by atoms with Gasteiger partial charge in [0.15, 0.2) is 0 Å². The Hall–Kier alpha value is -0.610. The molecule has 8 heteroatoms. The van der Waals surface area contributed by atoms with Crippen LogP contribution in [0.5, 0.6) is 0 Å². The van der Waals surface area contributed by atoms with Crippen LogP contribution in [0.25, 0.3) is 0 Å². The van der Waals surface area contributed by atoms with Crippen LogP contribution in [-0.2, 0) is 28.4 Å². The van der Waals surface area contributed by atoms with Crippen LogP contribution in [0.3, 0.4) is 0 Å². The van der Waals surface area contributed by atoms with Crippen LogP contribution < -0.4 is 0 Å². The van der Waals surface area contributed by atoms with Crippen LogP contribution >= 0.6 is 0 Å². The fourth-order valence-electron chi connectivity index (χ4n) is 10.6. The summed E-state index contributed by atoms with van der Waals surface area (Å²) in [5, 5.41) is 12.9. The maximum atomic E-state index is 12.9. The largest absolute Gasteiger partial charge is 0.384 e. The average molecular weight is 450 g/mol. The average Bonchev–Trinajstić information content (AvgIpc) is 3.33. The monoisotopic (exact) mass is 449 g/mol. The van der Waals surface area contributed by atoms with Crippen molar-refractivity contribution < 1.29 is 33.5 Å². The normalized spacial score (nSPS) is 63.0. The number of nitrogens with zero attached hydrogens (tertiary/aromatic N) is 1. The van der Waals surface area contributed by atoms with Gasteiger partial charge in [-0.1, -0.05) is 0 Å². The van der Waals surface area contributed by atoms with Gasteiger partial charge in [-0.15, -0.1) is 0 Å². The van der Waals surface area contributed by atoms with Crippen LogP contribution in [0, 0.1) is 28.6 Å². The predicted octanol–water partition coefficient (Wildman–Crippen LogP) is 1.18. The zero-order valence-corrected chi connectivity index (χ0v) is 19.4. The van der Waals surface area contributed by atoms with Gasteiger partial charge in [-0.3, -0.25) is 4.99 Å². The predicted molar refractivity (Wildman–Crippen MR) is 112 cm³/mol. The maximum Gasteiger partial charge on any atom is 0.148 e. The second-order valence-corrected chi connectivity index (χ2v) is 11.4. The summed E-state index contributed by atoms with van der Waals surface area (Å²) in [5.74, 6) is 0.268. The number of aliphatic imine (C=N–C) groups is 1. The lowest BCUT2D eigenvalue weighted by Crippen LogP contribution is -2.83. The SMILES string of the molecule is COC[C@@]12C=N[C@H]3[C@@]4([C@@H](OC)CC1)[C@@H]2C[C@@]31OCO[C@@]12C[C@H](OC)[C@H]1C[C@@H]4[C@]2(O)[C@@H]1OC. The van der Waals surface area contributed by atoms with Gasteiger partial charge in [0.25, 0.3) is 0 Å². The Balaban J connectivity index is 1.54. The lowest BCUT2D eigenvalue weighted by atomic mass is 9.42. The van der Waals surface area contributed by atoms with Gasteiger partial charge in [0.2, 0.25) is 0 Å². The van der Waals surface area contributed by atoms with Crippen molar-refractivity contribution in [1.29, 1.82) is 0 Å². The molecular weight excluding hydrogens is 414 g/mol. The highest BCUT2D eigenvalue weighted by molar-refractivity contribution is 5.71. The van der Waals surface area contributed by atoms with Gasteiger partial charge in [-0.05, 0) is 31.6 Å². The van der Waals surface area contributed by atoms with Gasteiger partial charge in [0, 0.05) is 63.7 Å². The number of methoxy groups -OCH3 is 4. The molecule has 2 heterocycles. The van der Waals surface area contributed by atoms with Crippen molar-refractivity contribution in [2.24, 2.45) is 33.6 Å². The highest BCUT2D eigenvalue weighted by Gasteiger charge is 2.94. The number of fused-ring (bicyclic) bond motifs is 1. The first-order chi connectivity index (χ1) is 15.5. The van der Waals surface area contributed by atoms with E-state index in [2.05, 4.69) is 6.21 Å². The standard InChI is InChI=1S/C24H35NO7/c1-27-11-20-6-5-17(29-3)23-15-7-13-14(28-2)8-22(24(15,26)18(13)30-4)21(9-16(20)23,31-12-32-22)19(23)25-10-20/h10,13-19,26H,5-9,11-12H2,1-4H3/t13-,14+,15+,16-,17+,18-,19-,20+,21-,22+,23-,24+/m1/s1. The Kier molecular flexibility index (Phi) is 3.98. The topological polar surface area (TPSA) is 88.0 Å². The molecular formula is C24H35NO7. The molecule has 178 valence electrons. The van der Waals surface area contributed by atoms with E-state index in [0.717, 1.165) is 25.7 Å². The van der Waals surface area contributed by atoms with Gasteiger partial charge in [0.05, 0.1) is 31.0 Å². The van der Waals surface area contributed by atoms with Gasteiger partial charge in [-0.2, -0.15) is 0 Å². The van der Waals surface area contributed by atoms with E-state index in [1.54, 1.807) is 21.3 Å². The quantitative estimate of drug-likeness (QED) is 0.674. The number of aliphatic hydroxyl groups is 1. The van der Waals surface area contributed by atoms with E-state index < -0.39 is 16.8 Å². The number of hydrogen-bond acceptors (Lipinski definition) is 8. The fourth-order valence-corrected chi connectivity index (χ4v) is 10.6. The summed E-state index contributed by atoms with van der Waals surface area (Å²) in [6.45, 7) is 0.787. The van der Waals surface area contributed by atoms with E-state index in [9.17, 15) is 5.11 Å². The molecule has 3 spiro atoms. The zero-order valence-electron chi connectivity index (χ0n) is 19.4. The summed E-state index contributed by atoms with van der Waals surface area (Å²) in [4.78, 5) is 5.29. The number of hydrogen-bond donors (Lipinski definition) is 1. The molecule has 0 radical (unpaired) electrons. The van der Waals surface area contributed by atoms with Gasteiger partial charge >= 0.3 is 0 Å². The highest BCUT2D eigenvalue weighted by Crippen LogP contribution is 2.82. The van der Waals surface area contributed by atoms with Crippen molar-refractivity contribution in [2.45, 2.75) is 73.3 Å². The molecule has 6 fully saturated rings. The first kappa shape index (κ1) is 20.7. The van der Waals surface area contributed by atoms with E-state index in [1.807, 2.05) is 7.11 Å². The summed E-state index contributed by atoms with van der Waals surface area (Å²) in [6, 6.07) is -0.116. The van der Waals surface area contributed by atoms with E-state index in [4.69, 9.17) is 33.4 Å². The Labute approximate surface area is 188 Å². The fraction of sp³-hybridized carbons (Fsp3) is 0.958. The van der Waals surface area contributed by atoms with E-state index in [1.165, 1.54) is 0 Å². The van der Waals surface area contributed by atoms with Gasteiger partial charge < -0.3 is 33.5 Å². The smallest absolute Gasteiger partial charge is 0.148 e. The summed E-state index contributed by atoms with van der Waals surface area (Å²) < 4.78 is 37.4. The van der Waals surface area contributed by atoms with Crippen LogP contribution in [0.4, 0.5) is 0 Å². The molecule has 0 aromatic carbocycles. The highest BCUT2D eigenvalue weighted by atomic mass is 16.7. The minimum Gasteiger partial charge on any atom is -0.384 e. The molecule has 0 aromatic rings. The zero-order chi connectivity index (χ0) is 22.1. The second kappa shape index (κ2) is 6.14. The number of rotatable bonds is 5. The van der Waals surface area contributed by atoms with E-state index >= 15 is 0 Å². The Morgan fingerprint density at radius 2 is 1.91 bits per heavy atom. The Morgan fingerprint density at radius 1 is 1.06 bits per heavy atom. The van der Waals surface area contributed by atoms with Crippen molar-refractivity contribution >= 4 is 6.21 Å². The molecule has 1 N–H and O–H groups in total. The minimum absolute atomic E-state index is 0.00613. The maximum absolute atomic E-state index is 12.9. The molecule has 8 nitrogen and oxygen atoms in total. The van der Waals surface area contributed by atoms with Crippen molar-refractivity contribution in [3.8, 4) is 0 Å². The van der Waals surface area contributed by atoms with Crippen molar-refractivity contribution in [3.63, 3.8) is 0 Å². The molecule has 5 aliphatic carbocycles. The Bertz CT molecular complexity index is 869. The molecule has 0 amide bonds. The molecule has 7 aliphatic rings. The molecule has 12 atom stereocenters. The van der Waals surface area contributed by atoms with Crippen LogP contribution in [0.2, 0.25) is 0 Å². The molecule has 5 saturated carbocycles. The lowest BCUT2D eigenvalue weighted by molar-refractivity contribution is -0.318. The van der Waals surface area contributed by atoms with Crippen LogP contribution in [0.1, 0.15) is 32.1 Å². The molecule has 7 rings (SSSR count).